The van der Waals surface area contributed by atoms with Crippen molar-refractivity contribution in [1.29, 1.82) is 0 Å². The number of halogens is 1. The molecule has 2 aromatic heterocycles. The van der Waals surface area contributed by atoms with E-state index in [-0.39, 0.29) is 11.8 Å². The van der Waals surface area contributed by atoms with Crippen LogP contribution in [0.1, 0.15) is 17.4 Å². The number of nitrogen functional groups attached to an aromatic ring is 1. The Morgan fingerprint density at radius 3 is 2.90 bits per heavy atom. The first-order chi connectivity index (χ1) is 14.4. The van der Waals surface area contributed by atoms with Gasteiger partial charge in [-0.2, -0.15) is 0 Å². The Bertz CT molecular complexity index is 1140. The van der Waals surface area contributed by atoms with Crippen LogP contribution in [0.5, 0.6) is 0 Å². The molecule has 1 fully saturated rings. The van der Waals surface area contributed by atoms with Gasteiger partial charge < -0.3 is 15.5 Å². The van der Waals surface area contributed by atoms with Gasteiger partial charge >= 0.3 is 0 Å². The van der Waals surface area contributed by atoms with E-state index >= 15 is 0 Å². The van der Waals surface area contributed by atoms with Crippen LogP contribution in [0, 0.1) is 0 Å². The smallest absolute Gasteiger partial charge is 0.247 e. The van der Waals surface area contributed by atoms with Crippen LogP contribution in [0.2, 0.25) is 4.34 Å². The topological polar surface area (TPSA) is 79.5 Å². The molecule has 30 heavy (non-hydrogen) atoms. The third-order valence-corrected chi connectivity index (χ3v) is 6.43. The molecule has 1 atom stereocenters. The summed E-state index contributed by atoms with van der Waals surface area (Å²) in [6.45, 7) is 3.21. The number of hydrogen-bond donors (Lipinski definition) is 1. The van der Waals surface area contributed by atoms with Crippen LogP contribution in [-0.4, -0.2) is 45.7 Å². The lowest BCUT2D eigenvalue weighted by atomic mass is 10.1. The minimum Gasteiger partial charge on any atom is -0.398 e. The minimum atomic E-state index is -0.517. The van der Waals surface area contributed by atoms with E-state index in [1.807, 2.05) is 24.3 Å². The molecule has 3 aromatic rings. The highest BCUT2D eigenvalue weighted by Crippen LogP contribution is 2.24. The van der Waals surface area contributed by atoms with Crippen molar-refractivity contribution in [3.05, 3.63) is 63.4 Å². The number of fused-ring (bicyclic) bond motifs is 1. The van der Waals surface area contributed by atoms with E-state index in [9.17, 15) is 9.59 Å². The molecule has 1 aliphatic rings. The van der Waals surface area contributed by atoms with Crippen LogP contribution in [-0.2, 0) is 16.1 Å². The second kappa shape index (κ2) is 8.45. The summed E-state index contributed by atoms with van der Waals surface area (Å²) in [4.78, 5) is 34.1. The van der Waals surface area contributed by atoms with E-state index in [2.05, 4.69) is 4.98 Å². The zero-order valence-electron chi connectivity index (χ0n) is 16.4. The number of nitrogens with zero attached hydrogens (tertiary/aromatic N) is 3. The number of pyridine rings is 1. The van der Waals surface area contributed by atoms with Crippen molar-refractivity contribution in [3.8, 4) is 0 Å². The van der Waals surface area contributed by atoms with Crippen LogP contribution in [0.15, 0.2) is 48.7 Å². The number of aromatic nitrogens is 1. The minimum absolute atomic E-state index is 0.0669. The third-order valence-electron chi connectivity index (χ3n) is 5.23. The summed E-state index contributed by atoms with van der Waals surface area (Å²) in [6, 6.07) is 10.7. The van der Waals surface area contributed by atoms with Crippen LogP contribution < -0.4 is 5.73 Å². The Hall–Kier alpha value is -2.90. The molecular formula is C22H21ClN4O2S. The van der Waals surface area contributed by atoms with Gasteiger partial charge in [0.15, 0.2) is 0 Å². The molecule has 0 bridgehead atoms. The van der Waals surface area contributed by atoms with Gasteiger partial charge in [-0.25, -0.2) is 0 Å². The van der Waals surface area contributed by atoms with E-state index in [0.29, 0.717) is 29.7 Å². The highest BCUT2D eigenvalue weighted by atomic mass is 35.5. The lowest BCUT2D eigenvalue weighted by Gasteiger charge is -2.38. The van der Waals surface area contributed by atoms with E-state index in [1.54, 1.807) is 41.1 Å². The Balaban J connectivity index is 1.43. The van der Waals surface area contributed by atoms with Gasteiger partial charge in [0.25, 0.3) is 0 Å². The van der Waals surface area contributed by atoms with Crippen molar-refractivity contribution < 1.29 is 9.59 Å². The quantitative estimate of drug-likeness (QED) is 0.626. The van der Waals surface area contributed by atoms with Gasteiger partial charge in [0, 0.05) is 47.9 Å². The molecular weight excluding hydrogens is 420 g/mol. The SMILES string of the molecule is CC1C(=O)N(Cc2ccc3c(N)ccnc3c2)CCN1C(=O)C=Cc1ccc(Cl)s1. The molecule has 2 N–H and O–H groups in total. The number of rotatable bonds is 4. The fourth-order valence-corrected chi connectivity index (χ4v) is 4.55. The molecule has 1 saturated heterocycles. The fourth-order valence-electron chi connectivity index (χ4n) is 3.59. The summed E-state index contributed by atoms with van der Waals surface area (Å²) in [5, 5.41) is 0.898. The number of piperazine rings is 1. The molecule has 0 saturated carbocycles. The number of carbonyl (C=O) groups is 2. The first kappa shape index (κ1) is 20.4. The molecule has 4 rings (SSSR count). The third kappa shape index (κ3) is 4.17. The molecule has 3 heterocycles. The molecule has 154 valence electrons. The van der Waals surface area contributed by atoms with Crippen molar-refractivity contribution in [1.82, 2.24) is 14.8 Å². The van der Waals surface area contributed by atoms with Crippen molar-refractivity contribution in [2.45, 2.75) is 19.5 Å². The summed E-state index contributed by atoms with van der Waals surface area (Å²) in [5.41, 5.74) is 8.45. The second-order valence-corrected chi connectivity index (χ2v) is 8.94. The molecule has 1 aliphatic heterocycles. The number of carbonyl (C=O) groups excluding carboxylic acids is 2. The number of nitrogens with two attached hydrogens (primary N) is 1. The molecule has 6 nitrogen and oxygen atoms in total. The summed E-state index contributed by atoms with van der Waals surface area (Å²) in [6.07, 6.45) is 4.91. The molecule has 8 heteroatoms. The number of anilines is 1. The number of benzene rings is 1. The Labute approximate surface area is 183 Å². The van der Waals surface area contributed by atoms with Crippen molar-refractivity contribution in [2.24, 2.45) is 0 Å². The van der Waals surface area contributed by atoms with E-state index in [0.717, 1.165) is 21.3 Å². The van der Waals surface area contributed by atoms with Gasteiger partial charge in [-0.3, -0.25) is 14.6 Å². The zero-order chi connectivity index (χ0) is 21.3. The lowest BCUT2D eigenvalue weighted by Crippen LogP contribution is -2.56. The summed E-state index contributed by atoms with van der Waals surface area (Å²) < 4.78 is 0.672. The second-order valence-electron chi connectivity index (χ2n) is 7.19. The van der Waals surface area contributed by atoms with Crippen LogP contribution in [0.3, 0.4) is 0 Å². The van der Waals surface area contributed by atoms with E-state index in [4.69, 9.17) is 17.3 Å². The maximum absolute atomic E-state index is 12.9. The predicted molar refractivity (Wildman–Crippen MR) is 121 cm³/mol. The summed E-state index contributed by atoms with van der Waals surface area (Å²) >= 11 is 7.32. The standard InChI is InChI=1S/C22H21ClN4O2S/c1-14-22(29)26(13-15-2-5-17-18(24)8-9-25-19(17)12-15)10-11-27(14)21(28)7-4-16-3-6-20(23)30-16/h2-9,12,14H,10-11,13H2,1H3,(H2,24,25). The van der Waals surface area contributed by atoms with Gasteiger partial charge in [0.2, 0.25) is 11.8 Å². The first-order valence-electron chi connectivity index (χ1n) is 9.58. The largest absolute Gasteiger partial charge is 0.398 e. The lowest BCUT2D eigenvalue weighted by molar-refractivity contribution is -0.148. The van der Waals surface area contributed by atoms with Crippen molar-refractivity contribution >= 4 is 57.4 Å². The molecule has 2 amide bonds. The zero-order valence-corrected chi connectivity index (χ0v) is 18.0. The fraction of sp³-hybridized carbons (Fsp3) is 0.227. The van der Waals surface area contributed by atoms with Crippen LogP contribution >= 0.6 is 22.9 Å². The highest BCUT2D eigenvalue weighted by Gasteiger charge is 2.33. The van der Waals surface area contributed by atoms with E-state index in [1.165, 1.54) is 17.4 Å². The average Bonchev–Trinajstić information content (AvgIpc) is 3.15. The predicted octanol–water partition coefficient (Wildman–Crippen LogP) is 3.80. The summed E-state index contributed by atoms with van der Waals surface area (Å²) in [5.74, 6) is -0.242. The molecule has 1 unspecified atom stereocenters. The Kier molecular flexibility index (Phi) is 5.74. The van der Waals surface area contributed by atoms with Gasteiger partial charge in [-0.1, -0.05) is 23.7 Å². The van der Waals surface area contributed by atoms with E-state index < -0.39 is 6.04 Å². The Morgan fingerprint density at radius 1 is 1.30 bits per heavy atom. The highest BCUT2D eigenvalue weighted by molar-refractivity contribution is 7.17. The van der Waals surface area contributed by atoms with Crippen LogP contribution in [0.25, 0.3) is 17.0 Å². The van der Waals surface area contributed by atoms with Gasteiger partial charge in [-0.15, -0.1) is 11.3 Å². The molecule has 1 aromatic carbocycles. The first-order valence-corrected chi connectivity index (χ1v) is 10.8. The average molecular weight is 441 g/mol. The van der Waals surface area contributed by atoms with Crippen molar-refractivity contribution in [3.63, 3.8) is 0 Å². The van der Waals surface area contributed by atoms with Gasteiger partial charge in [-0.05, 0) is 42.8 Å². The number of amides is 2. The van der Waals surface area contributed by atoms with Crippen LogP contribution in [0.4, 0.5) is 5.69 Å². The monoisotopic (exact) mass is 440 g/mol. The molecule has 0 aliphatic carbocycles. The molecule has 0 radical (unpaired) electrons. The molecule has 0 spiro atoms. The number of hydrogen-bond acceptors (Lipinski definition) is 5. The van der Waals surface area contributed by atoms with Crippen molar-refractivity contribution in [2.75, 3.05) is 18.8 Å². The van der Waals surface area contributed by atoms with Gasteiger partial charge in [0.05, 0.1) is 9.85 Å². The maximum Gasteiger partial charge on any atom is 0.247 e. The summed E-state index contributed by atoms with van der Waals surface area (Å²) in [7, 11) is 0. The van der Waals surface area contributed by atoms with Gasteiger partial charge in [0.1, 0.15) is 6.04 Å². The normalized spacial score (nSPS) is 17.3. The Morgan fingerprint density at radius 2 is 2.13 bits per heavy atom. The maximum atomic E-state index is 12.9. The number of thiophene rings is 1.